The van der Waals surface area contributed by atoms with Crippen LogP contribution in [-0.2, 0) is 18.4 Å². The van der Waals surface area contributed by atoms with E-state index in [-0.39, 0.29) is 12.5 Å². The molecule has 2 N–H and O–H groups in total. The lowest BCUT2D eigenvalue weighted by atomic mass is 10.0. The number of carbonyl (C=O) groups excluding carboxylic acids is 1. The van der Waals surface area contributed by atoms with Gasteiger partial charge >= 0.3 is 0 Å². The number of phosphoric ester groups is 1. The Hall–Kier alpha value is -1.54. The molecule has 0 aromatic rings. The van der Waals surface area contributed by atoms with E-state index in [9.17, 15) is 19.4 Å². The van der Waals surface area contributed by atoms with Crippen LogP contribution in [0, 0.1) is 0 Å². The number of amides is 1. The fourth-order valence-electron chi connectivity index (χ4n) is 7.36. The number of likely N-dealkylation sites (N-methyl/N-ethyl adjacent to an activating group) is 1. The van der Waals surface area contributed by atoms with Crippen LogP contribution in [0.3, 0.4) is 0 Å². The minimum absolute atomic E-state index is 0.00921. The van der Waals surface area contributed by atoms with Gasteiger partial charge in [-0.2, -0.15) is 0 Å². The molecular weight excluding hydrogens is 792 g/mol. The zero-order valence-corrected chi connectivity index (χ0v) is 42.2. The van der Waals surface area contributed by atoms with Crippen LogP contribution >= 0.6 is 7.82 Å². The number of rotatable bonds is 47. The maximum absolute atomic E-state index is 12.9. The van der Waals surface area contributed by atoms with Gasteiger partial charge in [-0.15, -0.1) is 0 Å². The number of hydrogen-bond acceptors (Lipinski definition) is 6. The van der Waals surface area contributed by atoms with E-state index in [0.29, 0.717) is 17.4 Å². The summed E-state index contributed by atoms with van der Waals surface area (Å²) in [6.45, 7) is 4.59. The summed E-state index contributed by atoms with van der Waals surface area (Å²) < 4.78 is 23.2. The summed E-state index contributed by atoms with van der Waals surface area (Å²) >= 11 is 0. The molecule has 62 heavy (non-hydrogen) atoms. The molecule has 0 aliphatic heterocycles. The first-order chi connectivity index (χ1) is 30.0. The van der Waals surface area contributed by atoms with E-state index in [1.54, 1.807) is 6.08 Å². The molecule has 0 aliphatic rings. The molecule has 0 radical (unpaired) electrons. The average molecular weight is 893 g/mol. The van der Waals surface area contributed by atoms with Crippen molar-refractivity contribution in [2.45, 2.75) is 244 Å². The van der Waals surface area contributed by atoms with E-state index < -0.39 is 26.6 Å². The van der Waals surface area contributed by atoms with E-state index in [4.69, 9.17) is 9.05 Å². The molecule has 0 aliphatic carbocycles. The van der Waals surface area contributed by atoms with E-state index >= 15 is 0 Å². The van der Waals surface area contributed by atoms with Crippen molar-refractivity contribution in [2.24, 2.45) is 0 Å². The Morgan fingerprint density at radius 1 is 0.548 bits per heavy atom. The Bertz CT molecular complexity index is 1150. The van der Waals surface area contributed by atoms with E-state index in [1.807, 2.05) is 27.2 Å². The highest BCUT2D eigenvalue weighted by Crippen LogP contribution is 2.38. The first kappa shape index (κ1) is 60.5. The average Bonchev–Trinajstić information content (AvgIpc) is 3.23. The van der Waals surface area contributed by atoms with Crippen molar-refractivity contribution in [1.82, 2.24) is 5.32 Å². The Morgan fingerprint density at radius 3 is 1.34 bits per heavy atom. The number of quaternary nitrogens is 1. The van der Waals surface area contributed by atoms with Gasteiger partial charge in [-0.1, -0.05) is 204 Å². The SMILES string of the molecule is CCCCC/C=C/CC/C=C/CC/C=C/C(O)C(COP(=O)([O-])OCC[N+](C)(C)C)NC(=O)CCCCCCCCCCCCCCCCC/C=C\CCCCCCCCCC. The molecule has 0 rings (SSSR count). The summed E-state index contributed by atoms with van der Waals surface area (Å²) in [4.78, 5) is 25.4. The van der Waals surface area contributed by atoms with E-state index in [1.165, 1.54) is 161 Å². The lowest BCUT2D eigenvalue weighted by Gasteiger charge is -2.29. The second-order valence-electron chi connectivity index (χ2n) is 18.9. The molecule has 1 amide bonds. The number of unbranched alkanes of at least 4 members (excludes halogenated alkanes) is 28. The number of allylic oxidation sites excluding steroid dienone is 7. The molecular formula is C53H101N2O6P. The molecule has 9 heteroatoms. The zero-order valence-electron chi connectivity index (χ0n) is 41.3. The van der Waals surface area contributed by atoms with Gasteiger partial charge in [0, 0.05) is 6.42 Å². The zero-order chi connectivity index (χ0) is 45.7. The van der Waals surface area contributed by atoms with Gasteiger partial charge in [-0.05, 0) is 70.6 Å². The number of carbonyl (C=O) groups is 1. The monoisotopic (exact) mass is 893 g/mol. The Kier molecular flexibility index (Phi) is 43.5. The fourth-order valence-corrected chi connectivity index (χ4v) is 8.08. The summed E-state index contributed by atoms with van der Waals surface area (Å²) in [5.41, 5.74) is 0. The second kappa shape index (κ2) is 44.7. The van der Waals surface area contributed by atoms with Crippen molar-refractivity contribution in [1.29, 1.82) is 0 Å². The summed E-state index contributed by atoms with van der Waals surface area (Å²) in [5, 5.41) is 13.8. The van der Waals surface area contributed by atoms with Gasteiger partial charge in [-0.25, -0.2) is 0 Å². The van der Waals surface area contributed by atoms with Crippen LogP contribution in [0.5, 0.6) is 0 Å². The van der Waals surface area contributed by atoms with Crippen molar-refractivity contribution in [3.05, 3.63) is 48.6 Å². The van der Waals surface area contributed by atoms with Gasteiger partial charge in [0.25, 0.3) is 7.82 Å². The number of aliphatic hydroxyl groups excluding tert-OH is 1. The molecule has 0 bridgehead atoms. The standard InChI is InChI=1S/C53H101N2O6P/c1-6-8-10-12-14-16-18-20-21-22-23-24-25-26-27-28-29-30-31-32-33-35-37-39-41-43-45-47-53(57)54-51(50-61-62(58,59)60-49-48-55(3,4)5)52(56)46-44-42-40-38-36-34-19-17-15-13-11-9-7-2/h15,17,22-23,36,38,44,46,51-52,56H,6-14,16,18-21,24-35,37,39-43,45,47-50H2,1-5H3,(H-,54,57,58,59)/b17-15+,23-22-,38-36+,46-44+. The number of hydrogen-bond donors (Lipinski definition) is 2. The Labute approximate surface area is 384 Å². The molecule has 0 saturated heterocycles. The molecule has 0 aromatic carbocycles. The number of nitrogens with zero attached hydrogens (tertiary/aromatic N) is 1. The lowest BCUT2D eigenvalue weighted by Crippen LogP contribution is -2.45. The third kappa shape index (κ3) is 46.5. The first-order valence-electron chi connectivity index (χ1n) is 26.0. The highest BCUT2D eigenvalue weighted by molar-refractivity contribution is 7.45. The van der Waals surface area contributed by atoms with E-state index in [2.05, 4.69) is 55.6 Å². The quantitative estimate of drug-likeness (QED) is 0.0273. The molecule has 0 saturated carbocycles. The first-order valence-corrected chi connectivity index (χ1v) is 27.5. The normalized spacial score (nSPS) is 14.5. The highest BCUT2D eigenvalue weighted by atomic mass is 31.2. The molecule has 8 nitrogen and oxygen atoms in total. The summed E-state index contributed by atoms with van der Waals surface area (Å²) in [7, 11) is 1.24. The van der Waals surface area contributed by atoms with Gasteiger partial charge in [-0.3, -0.25) is 9.36 Å². The molecule has 0 fully saturated rings. The van der Waals surface area contributed by atoms with Crippen LogP contribution in [-0.4, -0.2) is 68.5 Å². The minimum atomic E-state index is -4.60. The molecule has 0 heterocycles. The number of aliphatic hydroxyl groups is 1. The largest absolute Gasteiger partial charge is 0.756 e. The Balaban J connectivity index is 4.18. The third-order valence-corrected chi connectivity index (χ3v) is 12.5. The molecule has 3 unspecified atom stereocenters. The number of nitrogens with one attached hydrogen (secondary N) is 1. The van der Waals surface area contributed by atoms with Crippen molar-refractivity contribution >= 4 is 13.7 Å². The van der Waals surface area contributed by atoms with Gasteiger partial charge < -0.3 is 28.8 Å². The topological polar surface area (TPSA) is 108 Å². The fraction of sp³-hybridized carbons (Fsp3) is 0.830. The van der Waals surface area contributed by atoms with Crippen molar-refractivity contribution in [2.75, 3.05) is 40.9 Å². The second-order valence-corrected chi connectivity index (χ2v) is 20.3. The van der Waals surface area contributed by atoms with Gasteiger partial charge in [0.1, 0.15) is 13.2 Å². The van der Waals surface area contributed by atoms with Crippen molar-refractivity contribution in [3.8, 4) is 0 Å². The van der Waals surface area contributed by atoms with Crippen molar-refractivity contribution in [3.63, 3.8) is 0 Å². The molecule has 364 valence electrons. The summed E-state index contributed by atoms with van der Waals surface area (Å²) in [5.74, 6) is -0.211. The predicted molar refractivity (Wildman–Crippen MR) is 265 cm³/mol. The van der Waals surface area contributed by atoms with Crippen LogP contribution < -0.4 is 10.2 Å². The summed E-state index contributed by atoms with van der Waals surface area (Å²) in [6.07, 6.45) is 57.6. The minimum Gasteiger partial charge on any atom is -0.756 e. The maximum Gasteiger partial charge on any atom is 0.268 e. The van der Waals surface area contributed by atoms with E-state index in [0.717, 1.165) is 51.4 Å². The van der Waals surface area contributed by atoms with Crippen LogP contribution in [0.15, 0.2) is 48.6 Å². The van der Waals surface area contributed by atoms with Gasteiger partial charge in [0.15, 0.2) is 0 Å². The van der Waals surface area contributed by atoms with Gasteiger partial charge in [0.05, 0.1) is 39.9 Å². The highest BCUT2D eigenvalue weighted by Gasteiger charge is 2.23. The Morgan fingerprint density at radius 2 is 0.903 bits per heavy atom. The molecule has 3 atom stereocenters. The maximum atomic E-state index is 12.9. The van der Waals surface area contributed by atoms with Crippen LogP contribution in [0.2, 0.25) is 0 Å². The van der Waals surface area contributed by atoms with Crippen LogP contribution in [0.4, 0.5) is 0 Å². The molecule has 0 spiro atoms. The van der Waals surface area contributed by atoms with Crippen LogP contribution in [0.25, 0.3) is 0 Å². The molecule has 0 aromatic heterocycles. The lowest BCUT2D eigenvalue weighted by molar-refractivity contribution is -0.870. The number of phosphoric acid groups is 1. The van der Waals surface area contributed by atoms with Crippen LogP contribution in [0.1, 0.15) is 232 Å². The van der Waals surface area contributed by atoms with Gasteiger partial charge in [0.2, 0.25) is 5.91 Å². The van der Waals surface area contributed by atoms with Crippen molar-refractivity contribution < 1.29 is 32.9 Å². The summed E-state index contributed by atoms with van der Waals surface area (Å²) in [6, 6.07) is -0.908. The smallest absolute Gasteiger partial charge is 0.268 e. The predicted octanol–water partition coefficient (Wildman–Crippen LogP) is 14.6. The third-order valence-electron chi connectivity index (χ3n) is 11.5.